The van der Waals surface area contributed by atoms with Gasteiger partial charge in [0.1, 0.15) is 0 Å². The normalized spacial score (nSPS) is 29.7. The third-order valence-corrected chi connectivity index (χ3v) is 12.3. The van der Waals surface area contributed by atoms with E-state index in [4.69, 9.17) is 4.74 Å². The lowest BCUT2D eigenvalue weighted by Crippen LogP contribution is -2.42. The Morgan fingerprint density at radius 2 is 0.860 bits per heavy atom. The molecule has 2 aliphatic heterocycles. The summed E-state index contributed by atoms with van der Waals surface area (Å²) in [6, 6.07) is 46.7. The van der Waals surface area contributed by atoms with Gasteiger partial charge in [0, 0.05) is 20.8 Å². The Bertz CT molecular complexity index is 1810. The maximum atomic E-state index is 16.1. The summed E-state index contributed by atoms with van der Waals surface area (Å²) in [5.74, 6) is 0.126. The molecule has 2 nitrogen and oxygen atoms in total. The van der Waals surface area contributed by atoms with E-state index >= 15 is 4.79 Å². The van der Waals surface area contributed by atoms with Crippen LogP contribution in [0.5, 0.6) is 0 Å². The fourth-order valence-electron chi connectivity index (χ4n) is 9.16. The molecule has 4 heteroatoms. The van der Waals surface area contributed by atoms with Crippen LogP contribution in [0.25, 0.3) is 11.1 Å². The smallest absolute Gasteiger partial charge is 0.163 e. The third kappa shape index (κ3) is 3.09. The molecule has 0 radical (unpaired) electrons. The highest BCUT2D eigenvalue weighted by Gasteiger charge is 2.82. The van der Waals surface area contributed by atoms with Crippen molar-refractivity contribution >= 4 is 48.8 Å². The van der Waals surface area contributed by atoms with Gasteiger partial charge in [0.25, 0.3) is 0 Å². The number of benzene rings is 5. The van der Waals surface area contributed by atoms with Crippen molar-refractivity contribution in [3.63, 3.8) is 0 Å². The number of carbonyl (C=O) groups excluding carboxylic acids is 1. The Labute approximate surface area is 267 Å². The minimum Gasteiger partial charge on any atom is -0.365 e. The lowest BCUT2D eigenvalue weighted by atomic mass is 9.54. The van der Waals surface area contributed by atoms with Crippen molar-refractivity contribution in [3.05, 3.63) is 176 Å². The maximum absolute atomic E-state index is 16.1. The summed E-state index contributed by atoms with van der Waals surface area (Å²) < 4.78 is 9.10. The SMILES string of the molecule is O=C1[C@]2(c3ccccc3)C(c3ccccc3)=C(c3ccccc3)[C@]1(c1ccccc1)[C@@H]1[C@@H]2[C@H]2O[C@H]1c1cc(Br)c(Br)cc12. The van der Waals surface area contributed by atoms with Gasteiger partial charge in [0.15, 0.2) is 5.78 Å². The highest BCUT2D eigenvalue weighted by atomic mass is 79.9. The Hall–Kier alpha value is -3.57. The van der Waals surface area contributed by atoms with Gasteiger partial charge < -0.3 is 4.74 Å². The predicted molar refractivity (Wildman–Crippen MR) is 176 cm³/mol. The van der Waals surface area contributed by atoms with E-state index in [1.807, 2.05) is 12.1 Å². The summed E-state index contributed by atoms with van der Waals surface area (Å²) in [6.45, 7) is 0. The molecular formula is C39H26Br2O2. The third-order valence-electron chi connectivity index (χ3n) is 10.4. The fraction of sp³-hybridized carbons (Fsp3) is 0.154. The first-order valence-electron chi connectivity index (χ1n) is 14.8. The number of ether oxygens (including phenoxy) is 1. The van der Waals surface area contributed by atoms with Crippen LogP contribution in [-0.2, 0) is 20.4 Å². The molecule has 0 amide bonds. The number of fused-ring (bicyclic) bond motifs is 12. The van der Waals surface area contributed by atoms with Crippen LogP contribution in [-0.4, -0.2) is 5.78 Å². The summed E-state index contributed by atoms with van der Waals surface area (Å²) in [6.07, 6.45) is -0.416. The molecule has 43 heavy (non-hydrogen) atoms. The quantitative estimate of drug-likeness (QED) is 0.188. The average Bonchev–Trinajstić information content (AvgIpc) is 3.75. The number of halogens is 2. The molecule has 9 rings (SSSR count). The van der Waals surface area contributed by atoms with E-state index in [0.29, 0.717) is 0 Å². The summed E-state index contributed by atoms with van der Waals surface area (Å²) in [4.78, 5) is 16.1. The van der Waals surface area contributed by atoms with Gasteiger partial charge in [-0.25, -0.2) is 0 Å². The molecule has 4 bridgehead atoms. The summed E-state index contributed by atoms with van der Waals surface area (Å²) in [7, 11) is 0. The van der Waals surface area contributed by atoms with Gasteiger partial charge in [-0.3, -0.25) is 4.79 Å². The molecule has 2 heterocycles. The average molecular weight is 686 g/mol. The van der Waals surface area contributed by atoms with Crippen LogP contribution in [0.4, 0.5) is 0 Å². The van der Waals surface area contributed by atoms with Gasteiger partial charge in [0.05, 0.1) is 23.0 Å². The highest BCUT2D eigenvalue weighted by Crippen LogP contribution is 2.81. The van der Waals surface area contributed by atoms with E-state index in [0.717, 1.165) is 42.3 Å². The van der Waals surface area contributed by atoms with Gasteiger partial charge in [0.2, 0.25) is 0 Å². The molecule has 1 saturated carbocycles. The number of Topliss-reactive ketones (excluding diaryl/α,β-unsaturated/α-hetero) is 1. The second-order valence-electron chi connectivity index (χ2n) is 12.1. The van der Waals surface area contributed by atoms with E-state index < -0.39 is 10.8 Å². The number of ketones is 1. The first kappa shape index (κ1) is 25.9. The largest absolute Gasteiger partial charge is 0.365 e. The summed E-state index contributed by atoms with van der Waals surface area (Å²) in [5.41, 5.74) is 7.10. The van der Waals surface area contributed by atoms with Crippen LogP contribution < -0.4 is 0 Å². The van der Waals surface area contributed by atoms with Crippen LogP contribution in [0.3, 0.4) is 0 Å². The van der Waals surface area contributed by atoms with Crippen LogP contribution >= 0.6 is 31.9 Å². The van der Waals surface area contributed by atoms with Crippen molar-refractivity contribution in [2.45, 2.75) is 23.0 Å². The van der Waals surface area contributed by atoms with Gasteiger partial charge in [-0.05, 0) is 88.5 Å². The van der Waals surface area contributed by atoms with Crippen LogP contribution in [0.15, 0.2) is 142 Å². The Kier molecular flexibility index (Phi) is 5.55. The molecule has 208 valence electrons. The molecule has 5 aromatic rings. The van der Waals surface area contributed by atoms with E-state index in [1.165, 1.54) is 11.1 Å². The van der Waals surface area contributed by atoms with Crippen molar-refractivity contribution in [3.8, 4) is 0 Å². The summed E-state index contributed by atoms with van der Waals surface area (Å²) >= 11 is 7.52. The fourth-order valence-corrected chi connectivity index (χ4v) is 9.88. The van der Waals surface area contributed by atoms with E-state index in [-0.39, 0.29) is 29.8 Å². The highest BCUT2D eigenvalue weighted by molar-refractivity contribution is 9.13. The first-order valence-corrected chi connectivity index (χ1v) is 16.3. The van der Waals surface area contributed by atoms with Crippen LogP contribution in [0, 0.1) is 11.8 Å². The van der Waals surface area contributed by atoms with Crippen molar-refractivity contribution in [1.29, 1.82) is 0 Å². The van der Waals surface area contributed by atoms with Crippen molar-refractivity contribution in [1.82, 2.24) is 0 Å². The Morgan fingerprint density at radius 3 is 1.23 bits per heavy atom. The van der Waals surface area contributed by atoms with Crippen LogP contribution in [0.2, 0.25) is 0 Å². The minimum atomic E-state index is -0.898. The minimum absolute atomic E-state index is 0.0733. The molecule has 0 unspecified atom stereocenters. The Balaban J connectivity index is 1.49. The number of carbonyl (C=O) groups is 1. The first-order chi connectivity index (χ1) is 21.1. The molecule has 2 fully saturated rings. The van der Waals surface area contributed by atoms with E-state index in [2.05, 4.69) is 153 Å². The molecule has 1 saturated heterocycles. The van der Waals surface area contributed by atoms with E-state index in [1.54, 1.807) is 0 Å². The van der Waals surface area contributed by atoms with Gasteiger partial charge in [-0.2, -0.15) is 0 Å². The molecule has 4 aliphatic rings. The van der Waals surface area contributed by atoms with E-state index in [9.17, 15) is 0 Å². The van der Waals surface area contributed by atoms with Gasteiger partial charge in [-0.15, -0.1) is 0 Å². The molecule has 5 aromatic carbocycles. The Morgan fingerprint density at radius 1 is 0.512 bits per heavy atom. The van der Waals surface area contributed by atoms with Crippen molar-refractivity contribution < 1.29 is 9.53 Å². The van der Waals surface area contributed by atoms with Gasteiger partial charge in [-0.1, -0.05) is 121 Å². The molecule has 6 atom stereocenters. The monoisotopic (exact) mass is 684 g/mol. The zero-order chi connectivity index (χ0) is 28.9. The van der Waals surface area contributed by atoms with Gasteiger partial charge >= 0.3 is 0 Å². The molecular weight excluding hydrogens is 660 g/mol. The number of hydrogen-bond acceptors (Lipinski definition) is 2. The molecule has 2 aliphatic carbocycles. The van der Waals surface area contributed by atoms with Crippen molar-refractivity contribution in [2.75, 3.05) is 0 Å². The second-order valence-corrected chi connectivity index (χ2v) is 13.8. The zero-order valence-electron chi connectivity index (χ0n) is 23.1. The molecule has 0 spiro atoms. The van der Waals surface area contributed by atoms with Crippen LogP contribution in [0.1, 0.15) is 45.6 Å². The lowest BCUT2D eigenvalue weighted by Gasteiger charge is -2.45. The maximum Gasteiger partial charge on any atom is 0.163 e. The molecule has 0 aromatic heterocycles. The lowest BCUT2D eigenvalue weighted by molar-refractivity contribution is -0.125. The van der Waals surface area contributed by atoms with Crippen molar-refractivity contribution in [2.24, 2.45) is 11.8 Å². The number of allylic oxidation sites excluding steroid dienone is 2. The zero-order valence-corrected chi connectivity index (χ0v) is 26.3. The molecule has 0 N–H and O–H groups in total. The topological polar surface area (TPSA) is 26.3 Å². The standard InChI is InChI=1S/C39H26Br2O2/c40-29-21-27-28(22-30(29)41)36-34-33(35(27)43-36)38(25-17-9-3-10-18-25)31(23-13-5-1-6-14-23)32(24-15-7-2-8-16-24)39(34,37(38)42)26-19-11-4-12-20-26/h1-22,33-36H/t33-,34-,35+,36+,38-,39-/m1/s1. The second kappa shape index (κ2) is 9.22. The number of hydrogen-bond donors (Lipinski definition) is 0. The predicted octanol–water partition coefficient (Wildman–Crippen LogP) is 9.65. The number of rotatable bonds is 4. The summed E-state index contributed by atoms with van der Waals surface area (Å²) in [5, 5.41) is 0.